The number of hydrogen-bond acceptors (Lipinski definition) is 3. The van der Waals surface area contributed by atoms with Gasteiger partial charge in [0.2, 0.25) is 0 Å². The van der Waals surface area contributed by atoms with E-state index in [1.54, 1.807) is 4.90 Å². The lowest BCUT2D eigenvalue weighted by atomic mass is 10.3. The summed E-state index contributed by atoms with van der Waals surface area (Å²) in [6.45, 7) is 7.87. The fraction of sp³-hybridized carbons (Fsp3) is 0.700. The van der Waals surface area contributed by atoms with Gasteiger partial charge >= 0.3 is 6.03 Å². The Hall–Kier alpha value is -1.59. The lowest BCUT2D eigenvalue weighted by molar-refractivity contribution is 0.179. The van der Waals surface area contributed by atoms with Crippen LogP contribution in [0.3, 0.4) is 0 Å². The molecule has 1 aromatic heterocycles. The quantitative estimate of drug-likeness (QED) is 0.755. The molecule has 0 aromatic carbocycles. The van der Waals surface area contributed by atoms with Gasteiger partial charge in [0, 0.05) is 19.1 Å². The molecule has 0 bridgehead atoms. The standard InChI is InChI=1S/C10H17N5O/c1-7(2)11-10(16)14-4-5-15-8(3)12-13-9(15)6-14/h7H,4-6H2,1-3H3,(H,11,16). The first-order valence-electron chi connectivity index (χ1n) is 5.52. The molecule has 0 spiro atoms. The van der Waals surface area contributed by atoms with Crippen LogP contribution in [0.15, 0.2) is 0 Å². The van der Waals surface area contributed by atoms with E-state index in [1.165, 1.54) is 0 Å². The molecule has 6 nitrogen and oxygen atoms in total. The maximum atomic E-state index is 11.8. The van der Waals surface area contributed by atoms with Gasteiger partial charge in [-0.15, -0.1) is 10.2 Å². The van der Waals surface area contributed by atoms with Gasteiger partial charge < -0.3 is 14.8 Å². The van der Waals surface area contributed by atoms with Gasteiger partial charge in [-0.2, -0.15) is 0 Å². The lowest BCUT2D eigenvalue weighted by Crippen LogP contribution is -2.46. The molecule has 2 heterocycles. The van der Waals surface area contributed by atoms with Crippen molar-refractivity contribution in [2.24, 2.45) is 0 Å². The Labute approximate surface area is 94.6 Å². The van der Waals surface area contributed by atoms with E-state index >= 15 is 0 Å². The molecule has 0 saturated heterocycles. The predicted octanol–water partition coefficient (Wildman–Crippen LogP) is 0.520. The van der Waals surface area contributed by atoms with Gasteiger partial charge in [0.1, 0.15) is 5.82 Å². The number of nitrogens with zero attached hydrogens (tertiary/aromatic N) is 4. The Morgan fingerprint density at radius 3 is 2.81 bits per heavy atom. The minimum absolute atomic E-state index is 0.0260. The van der Waals surface area contributed by atoms with Crippen LogP contribution in [0.4, 0.5) is 4.79 Å². The second-order valence-electron chi connectivity index (χ2n) is 4.34. The van der Waals surface area contributed by atoms with Crippen LogP contribution in [0.5, 0.6) is 0 Å². The summed E-state index contributed by atoms with van der Waals surface area (Å²) in [6.07, 6.45) is 0. The molecule has 16 heavy (non-hydrogen) atoms. The molecule has 0 radical (unpaired) electrons. The first-order valence-corrected chi connectivity index (χ1v) is 5.52. The minimum Gasteiger partial charge on any atom is -0.336 e. The van der Waals surface area contributed by atoms with Crippen LogP contribution in [0.25, 0.3) is 0 Å². The minimum atomic E-state index is -0.0260. The molecule has 0 saturated carbocycles. The summed E-state index contributed by atoms with van der Waals surface area (Å²) in [5, 5.41) is 10.9. The molecule has 1 aromatic rings. The van der Waals surface area contributed by atoms with Crippen molar-refractivity contribution >= 4 is 6.03 Å². The molecule has 0 fully saturated rings. The van der Waals surface area contributed by atoms with E-state index in [4.69, 9.17) is 0 Å². The molecule has 2 rings (SSSR count). The van der Waals surface area contributed by atoms with Gasteiger partial charge in [0.15, 0.2) is 5.82 Å². The third-order valence-corrected chi connectivity index (χ3v) is 2.64. The SMILES string of the molecule is Cc1nnc2n1CCN(C(=O)NC(C)C)C2. The van der Waals surface area contributed by atoms with Crippen LogP contribution in [-0.2, 0) is 13.1 Å². The van der Waals surface area contributed by atoms with E-state index in [2.05, 4.69) is 20.1 Å². The van der Waals surface area contributed by atoms with Crippen LogP contribution in [0, 0.1) is 6.92 Å². The molecule has 1 aliphatic heterocycles. The van der Waals surface area contributed by atoms with Gasteiger partial charge in [-0.25, -0.2) is 4.79 Å². The van der Waals surface area contributed by atoms with Gasteiger partial charge in [-0.05, 0) is 20.8 Å². The van der Waals surface area contributed by atoms with E-state index in [9.17, 15) is 4.79 Å². The maximum Gasteiger partial charge on any atom is 0.318 e. The Morgan fingerprint density at radius 1 is 1.38 bits per heavy atom. The van der Waals surface area contributed by atoms with Crippen LogP contribution in [-0.4, -0.2) is 38.3 Å². The molecule has 2 amide bonds. The summed E-state index contributed by atoms with van der Waals surface area (Å²) in [6, 6.07) is 0.135. The Morgan fingerprint density at radius 2 is 2.12 bits per heavy atom. The van der Waals surface area contributed by atoms with Gasteiger partial charge in [-0.3, -0.25) is 0 Å². The van der Waals surface area contributed by atoms with Crippen LogP contribution >= 0.6 is 0 Å². The number of hydrogen-bond donors (Lipinski definition) is 1. The number of carbonyl (C=O) groups is 1. The smallest absolute Gasteiger partial charge is 0.318 e. The summed E-state index contributed by atoms with van der Waals surface area (Å²) in [5.74, 6) is 1.78. The van der Waals surface area contributed by atoms with Crippen molar-refractivity contribution in [1.82, 2.24) is 25.0 Å². The monoisotopic (exact) mass is 223 g/mol. The van der Waals surface area contributed by atoms with E-state index < -0.39 is 0 Å². The molecular formula is C10H17N5O. The molecule has 88 valence electrons. The number of urea groups is 1. The fourth-order valence-electron chi connectivity index (χ4n) is 1.81. The molecule has 0 unspecified atom stereocenters. The third-order valence-electron chi connectivity index (χ3n) is 2.64. The second-order valence-corrected chi connectivity index (χ2v) is 4.34. The summed E-state index contributed by atoms with van der Waals surface area (Å²) < 4.78 is 2.05. The van der Waals surface area contributed by atoms with Crippen molar-refractivity contribution in [2.75, 3.05) is 6.54 Å². The molecule has 0 atom stereocenters. The van der Waals surface area contributed by atoms with Crippen molar-refractivity contribution in [1.29, 1.82) is 0 Å². The van der Waals surface area contributed by atoms with Gasteiger partial charge in [-0.1, -0.05) is 0 Å². The molecular weight excluding hydrogens is 206 g/mol. The lowest BCUT2D eigenvalue weighted by Gasteiger charge is -2.28. The number of fused-ring (bicyclic) bond motifs is 1. The fourth-order valence-corrected chi connectivity index (χ4v) is 1.81. The zero-order valence-corrected chi connectivity index (χ0v) is 9.90. The molecule has 1 aliphatic rings. The van der Waals surface area contributed by atoms with E-state index in [1.807, 2.05) is 20.8 Å². The van der Waals surface area contributed by atoms with Crippen molar-refractivity contribution in [2.45, 2.75) is 39.9 Å². The average Bonchev–Trinajstić information content (AvgIpc) is 2.59. The molecule has 6 heteroatoms. The number of aryl methyl sites for hydroxylation is 1. The number of aromatic nitrogens is 3. The Bertz CT molecular complexity index is 398. The molecule has 0 aliphatic carbocycles. The zero-order valence-electron chi connectivity index (χ0n) is 9.90. The second kappa shape index (κ2) is 4.11. The zero-order chi connectivity index (χ0) is 11.7. The topological polar surface area (TPSA) is 63.1 Å². The molecule has 1 N–H and O–H groups in total. The Balaban J connectivity index is 2.05. The average molecular weight is 223 g/mol. The third kappa shape index (κ3) is 2.00. The van der Waals surface area contributed by atoms with Crippen molar-refractivity contribution in [3.63, 3.8) is 0 Å². The maximum absolute atomic E-state index is 11.8. The van der Waals surface area contributed by atoms with Gasteiger partial charge in [0.25, 0.3) is 0 Å². The number of nitrogens with one attached hydrogen (secondary N) is 1. The number of carbonyl (C=O) groups excluding carboxylic acids is 1. The number of rotatable bonds is 1. The highest BCUT2D eigenvalue weighted by atomic mass is 16.2. The Kier molecular flexibility index (Phi) is 2.80. The van der Waals surface area contributed by atoms with Crippen LogP contribution in [0.1, 0.15) is 25.5 Å². The first kappa shape index (κ1) is 10.9. The highest BCUT2D eigenvalue weighted by Gasteiger charge is 2.23. The van der Waals surface area contributed by atoms with Crippen LogP contribution in [0.2, 0.25) is 0 Å². The van der Waals surface area contributed by atoms with Gasteiger partial charge in [0.05, 0.1) is 6.54 Å². The van der Waals surface area contributed by atoms with E-state index in [0.29, 0.717) is 13.1 Å². The van der Waals surface area contributed by atoms with E-state index in [0.717, 1.165) is 18.2 Å². The first-order chi connectivity index (χ1) is 7.58. The highest BCUT2D eigenvalue weighted by Crippen LogP contribution is 2.11. The van der Waals surface area contributed by atoms with E-state index in [-0.39, 0.29) is 12.1 Å². The van der Waals surface area contributed by atoms with Crippen LogP contribution < -0.4 is 5.32 Å². The normalized spacial score (nSPS) is 15.1. The summed E-state index contributed by atoms with van der Waals surface area (Å²) in [5.41, 5.74) is 0. The highest BCUT2D eigenvalue weighted by molar-refractivity contribution is 5.74. The summed E-state index contributed by atoms with van der Waals surface area (Å²) in [7, 11) is 0. The number of amides is 2. The van der Waals surface area contributed by atoms with Crippen molar-refractivity contribution < 1.29 is 4.79 Å². The summed E-state index contributed by atoms with van der Waals surface area (Å²) >= 11 is 0. The predicted molar refractivity (Wildman–Crippen MR) is 58.8 cm³/mol. The largest absolute Gasteiger partial charge is 0.336 e. The van der Waals surface area contributed by atoms with Crippen molar-refractivity contribution in [3.05, 3.63) is 11.6 Å². The summed E-state index contributed by atoms with van der Waals surface area (Å²) in [4.78, 5) is 13.5. The van der Waals surface area contributed by atoms with Crippen molar-refractivity contribution in [3.8, 4) is 0 Å².